The molecule has 3 atom stereocenters. The molecule has 2 saturated heterocycles. The van der Waals surface area contributed by atoms with Crippen LogP contribution in [-0.4, -0.2) is 58.9 Å². The van der Waals surface area contributed by atoms with Crippen LogP contribution < -0.4 is 0 Å². The van der Waals surface area contributed by atoms with E-state index in [2.05, 4.69) is 0 Å². The fraction of sp³-hybridized carbons (Fsp3) is 0.769. The molecule has 1 N–H and O–H groups in total. The van der Waals surface area contributed by atoms with Crippen LogP contribution in [0.3, 0.4) is 0 Å². The molecule has 2 aliphatic heterocycles. The van der Waals surface area contributed by atoms with E-state index in [0.29, 0.717) is 25.9 Å². The Morgan fingerprint density at radius 3 is 2.58 bits per heavy atom. The lowest BCUT2D eigenvalue weighted by Gasteiger charge is -2.38. The van der Waals surface area contributed by atoms with Crippen molar-refractivity contribution in [2.45, 2.75) is 32.2 Å². The molecule has 106 valence electrons. The highest BCUT2D eigenvalue weighted by molar-refractivity contribution is 5.89. The van der Waals surface area contributed by atoms with Crippen LogP contribution in [0.15, 0.2) is 0 Å². The molecule has 0 spiro atoms. The number of likely N-dealkylation sites (tertiary alicyclic amines) is 2. The Bertz CT molecular complexity index is 409. The highest BCUT2D eigenvalue weighted by Crippen LogP contribution is 2.27. The minimum Gasteiger partial charge on any atom is -0.481 e. The number of rotatable bonds is 2. The first-order valence-electron chi connectivity index (χ1n) is 6.69. The molecule has 0 aromatic heterocycles. The van der Waals surface area contributed by atoms with Crippen LogP contribution in [0.1, 0.15) is 26.2 Å². The third-order valence-electron chi connectivity index (χ3n) is 4.28. The first-order chi connectivity index (χ1) is 8.91. The summed E-state index contributed by atoms with van der Waals surface area (Å²) in [6, 6.07) is -0.292. The lowest BCUT2D eigenvalue weighted by molar-refractivity contribution is -0.150. The average Bonchev–Trinajstić information content (AvgIpc) is 2.69. The Kier molecular flexibility index (Phi) is 3.78. The zero-order chi connectivity index (χ0) is 14.2. The van der Waals surface area contributed by atoms with E-state index < -0.39 is 11.9 Å². The predicted octanol–water partition coefficient (Wildman–Crippen LogP) is 0.176. The predicted molar refractivity (Wildman–Crippen MR) is 67.3 cm³/mol. The molecule has 0 radical (unpaired) electrons. The molecule has 2 fully saturated rings. The van der Waals surface area contributed by atoms with Crippen LogP contribution in [0.4, 0.5) is 0 Å². The van der Waals surface area contributed by atoms with Crippen molar-refractivity contribution in [3.63, 3.8) is 0 Å². The van der Waals surface area contributed by atoms with Gasteiger partial charge in [0.05, 0.1) is 11.8 Å². The van der Waals surface area contributed by atoms with Crippen molar-refractivity contribution in [2.75, 3.05) is 20.1 Å². The van der Waals surface area contributed by atoms with Crippen LogP contribution in [0.5, 0.6) is 0 Å². The molecule has 6 nitrogen and oxygen atoms in total. The van der Waals surface area contributed by atoms with Crippen LogP contribution in [0.2, 0.25) is 0 Å². The highest BCUT2D eigenvalue weighted by Gasteiger charge is 2.40. The van der Waals surface area contributed by atoms with E-state index in [-0.39, 0.29) is 30.2 Å². The normalized spacial score (nSPS) is 31.7. The summed E-state index contributed by atoms with van der Waals surface area (Å²) in [5.74, 6) is -1.74. The molecular formula is C13H20N2O4. The Balaban J connectivity index is 2.06. The maximum absolute atomic E-state index is 12.4. The van der Waals surface area contributed by atoms with Gasteiger partial charge in [-0.2, -0.15) is 0 Å². The molecule has 19 heavy (non-hydrogen) atoms. The number of piperidine rings is 1. The minimum atomic E-state index is -0.843. The first kappa shape index (κ1) is 13.8. The topological polar surface area (TPSA) is 77.9 Å². The van der Waals surface area contributed by atoms with Gasteiger partial charge in [0.2, 0.25) is 11.8 Å². The Morgan fingerprint density at radius 1 is 1.37 bits per heavy atom. The van der Waals surface area contributed by atoms with Gasteiger partial charge < -0.3 is 14.9 Å². The lowest BCUT2D eigenvalue weighted by atomic mass is 9.89. The number of hydrogen-bond acceptors (Lipinski definition) is 3. The van der Waals surface area contributed by atoms with Crippen molar-refractivity contribution in [2.24, 2.45) is 11.8 Å². The number of carbonyl (C=O) groups is 3. The Morgan fingerprint density at radius 2 is 2.05 bits per heavy atom. The molecule has 1 unspecified atom stereocenters. The second kappa shape index (κ2) is 5.19. The molecule has 0 aromatic carbocycles. The zero-order valence-corrected chi connectivity index (χ0v) is 11.3. The lowest BCUT2D eigenvalue weighted by Crippen LogP contribution is -2.51. The van der Waals surface area contributed by atoms with Crippen LogP contribution in [-0.2, 0) is 14.4 Å². The van der Waals surface area contributed by atoms with E-state index in [9.17, 15) is 14.4 Å². The number of carbonyl (C=O) groups excluding carboxylic acids is 2. The molecule has 0 saturated carbocycles. The molecule has 0 aliphatic carbocycles. The van der Waals surface area contributed by atoms with Crippen molar-refractivity contribution < 1.29 is 19.5 Å². The molecule has 0 bridgehead atoms. The maximum atomic E-state index is 12.4. The number of carboxylic acid groups (broad SMARTS) is 1. The summed E-state index contributed by atoms with van der Waals surface area (Å²) < 4.78 is 0. The first-order valence-corrected chi connectivity index (χ1v) is 6.69. The fourth-order valence-corrected chi connectivity index (χ4v) is 3.05. The quantitative estimate of drug-likeness (QED) is 0.774. The zero-order valence-electron chi connectivity index (χ0n) is 11.3. The fourth-order valence-electron chi connectivity index (χ4n) is 3.05. The molecule has 2 rings (SSSR count). The van der Waals surface area contributed by atoms with Crippen LogP contribution in [0, 0.1) is 11.8 Å². The maximum Gasteiger partial charge on any atom is 0.308 e. The van der Waals surface area contributed by atoms with Crippen molar-refractivity contribution in [1.82, 2.24) is 9.80 Å². The Labute approximate surface area is 112 Å². The molecule has 2 amide bonds. The average molecular weight is 268 g/mol. The van der Waals surface area contributed by atoms with E-state index in [0.717, 1.165) is 0 Å². The molecule has 2 aliphatic rings. The molecule has 6 heteroatoms. The second-order valence-electron chi connectivity index (χ2n) is 5.53. The molecular weight excluding hydrogens is 248 g/mol. The monoisotopic (exact) mass is 268 g/mol. The number of hydrogen-bond donors (Lipinski definition) is 1. The summed E-state index contributed by atoms with van der Waals surface area (Å²) in [4.78, 5) is 38.3. The number of nitrogens with zero attached hydrogens (tertiary/aromatic N) is 2. The van der Waals surface area contributed by atoms with Crippen molar-refractivity contribution in [3.8, 4) is 0 Å². The van der Waals surface area contributed by atoms with E-state index in [1.54, 1.807) is 23.8 Å². The number of aliphatic carboxylic acids is 1. The van der Waals surface area contributed by atoms with Gasteiger partial charge in [-0.25, -0.2) is 0 Å². The van der Waals surface area contributed by atoms with Crippen molar-refractivity contribution in [1.29, 1.82) is 0 Å². The van der Waals surface area contributed by atoms with Gasteiger partial charge in [-0.1, -0.05) is 0 Å². The van der Waals surface area contributed by atoms with E-state index in [1.807, 2.05) is 0 Å². The van der Waals surface area contributed by atoms with Crippen LogP contribution in [0.25, 0.3) is 0 Å². The Hall–Kier alpha value is -1.59. The summed E-state index contributed by atoms with van der Waals surface area (Å²) in [5, 5.41) is 9.16. The summed E-state index contributed by atoms with van der Waals surface area (Å²) in [7, 11) is 1.69. The smallest absolute Gasteiger partial charge is 0.308 e. The van der Waals surface area contributed by atoms with E-state index >= 15 is 0 Å². The van der Waals surface area contributed by atoms with Gasteiger partial charge in [0.25, 0.3) is 0 Å². The summed E-state index contributed by atoms with van der Waals surface area (Å²) in [6.07, 6.45) is 1.57. The molecule has 2 heterocycles. The third-order valence-corrected chi connectivity index (χ3v) is 4.28. The third kappa shape index (κ3) is 2.57. The summed E-state index contributed by atoms with van der Waals surface area (Å²) in [6.45, 7) is 2.83. The minimum absolute atomic E-state index is 0.0159. The van der Waals surface area contributed by atoms with Gasteiger partial charge in [-0.05, 0) is 19.8 Å². The summed E-state index contributed by atoms with van der Waals surface area (Å²) in [5.41, 5.74) is 0. The van der Waals surface area contributed by atoms with E-state index in [1.165, 1.54) is 0 Å². The van der Waals surface area contributed by atoms with E-state index in [4.69, 9.17) is 5.11 Å². The largest absolute Gasteiger partial charge is 0.481 e. The van der Waals surface area contributed by atoms with Crippen molar-refractivity contribution in [3.05, 3.63) is 0 Å². The van der Waals surface area contributed by atoms with Gasteiger partial charge >= 0.3 is 5.97 Å². The number of carboxylic acids is 1. The van der Waals surface area contributed by atoms with Gasteiger partial charge in [-0.3, -0.25) is 14.4 Å². The second-order valence-corrected chi connectivity index (χ2v) is 5.53. The van der Waals surface area contributed by atoms with Crippen molar-refractivity contribution >= 4 is 17.8 Å². The number of amides is 2. The SMILES string of the molecule is C[C@@H]1[C@H](C(=O)O)CCCN1C(=O)C1CC(=O)N(C)C1. The van der Waals surface area contributed by atoms with Gasteiger partial charge in [0.15, 0.2) is 0 Å². The van der Waals surface area contributed by atoms with Gasteiger partial charge in [0.1, 0.15) is 0 Å². The van der Waals surface area contributed by atoms with Gasteiger partial charge in [-0.15, -0.1) is 0 Å². The van der Waals surface area contributed by atoms with Crippen LogP contribution >= 0.6 is 0 Å². The molecule has 0 aromatic rings. The standard InChI is InChI=1S/C13H20N2O4/c1-8-10(13(18)19)4-3-5-15(8)12(17)9-6-11(16)14(2)7-9/h8-10H,3-7H2,1-2H3,(H,18,19)/t8-,9?,10-/m1/s1. The highest BCUT2D eigenvalue weighted by atomic mass is 16.4. The van der Waals surface area contributed by atoms with Gasteiger partial charge in [0, 0.05) is 32.6 Å². The summed E-state index contributed by atoms with van der Waals surface area (Å²) >= 11 is 0.